The van der Waals surface area contributed by atoms with Crippen LogP contribution < -0.4 is 11.1 Å². The fourth-order valence-corrected chi connectivity index (χ4v) is 5.18. The lowest BCUT2D eigenvalue weighted by molar-refractivity contribution is 0.284. The van der Waals surface area contributed by atoms with E-state index in [1.54, 1.807) is 0 Å². The number of nitrogens with two attached hydrogens (primary N) is 1. The Kier molecular flexibility index (Phi) is 8.83. The number of nitrogen functional groups attached to an aromatic ring is 1. The van der Waals surface area contributed by atoms with E-state index in [2.05, 4.69) is 34.7 Å². The van der Waals surface area contributed by atoms with Crippen LogP contribution in [0, 0.1) is 0 Å². The molecule has 38 heavy (non-hydrogen) atoms. The van der Waals surface area contributed by atoms with Gasteiger partial charge in [0.05, 0.1) is 34.3 Å². The summed E-state index contributed by atoms with van der Waals surface area (Å²) in [6, 6.07) is 6.83. The zero-order chi connectivity index (χ0) is 28.3. The maximum atomic E-state index is 12.2. The molecule has 1 aromatic heterocycles. The molecule has 2 aromatic carbocycles. The van der Waals surface area contributed by atoms with Gasteiger partial charge >= 0.3 is 10.4 Å². The first-order valence-electron chi connectivity index (χ1n) is 9.65. The molecule has 21 heteroatoms. The van der Waals surface area contributed by atoms with E-state index in [0.717, 1.165) is 24.3 Å². The van der Waals surface area contributed by atoms with Gasteiger partial charge in [-0.15, -0.1) is 5.11 Å². The van der Waals surface area contributed by atoms with Crippen molar-refractivity contribution in [3.63, 3.8) is 0 Å². The van der Waals surface area contributed by atoms with E-state index in [1.165, 1.54) is 12.1 Å². The number of halogens is 2. The van der Waals surface area contributed by atoms with Gasteiger partial charge in [0.15, 0.2) is 9.84 Å². The van der Waals surface area contributed by atoms with Crippen LogP contribution in [0.15, 0.2) is 56.4 Å². The van der Waals surface area contributed by atoms with Gasteiger partial charge in [-0.3, -0.25) is 9.11 Å². The quantitative estimate of drug-likeness (QED) is 0.143. The number of rotatable bonds is 10. The summed E-state index contributed by atoms with van der Waals surface area (Å²) in [7, 11) is -13.6. The summed E-state index contributed by atoms with van der Waals surface area (Å²) in [5.41, 5.74) is 5.57. The van der Waals surface area contributed by atoms with Gasteiger partial charge in [0, 0.05) is 0 Å². The first-order valence-corrected chi connectivity index (χ1v) is 14.9. The Morgan fingerprint density at radius 2 is 1.53 bits per heavy atom. The topological polar surface area (TPSA) is 254 Å². The molecule has 0 spiro atoms. The molecule has 16 nitrogen and oxygen atoms in total. The van der Waals surface area contributed by atoms with Gasteiger partial charge < -0.3 is 11.1 Å². The Hall–Kier alpha value is -3.04. The van der Waals surface area contributed by atoms with Crippen LogP contribution >= 0.6 is 23.2 Å². The fourth-order valence-electron chi connectivity index (χ4n) is 2.68. The second kappa shape index (κ2) is 11.4. The zero-order valence-corrected chi connectivity index (χ0v) is 22.4. The third kappa shape index (κ3) is 8.23. The SMILES string of the molecule is Nc1cc(Nc2nc(Cl)nc(Cl)n2)c(S(=O)(=O)O)cc1/N=N/c1ccc(S(=O)(=O)CCOS(=O)(=O)O)cc1. The van der Waals surface area contributed by atoms with Crippen molar-refractivity contribution in [3.8, 4) is 0 Å². The van der Waals surface area contributed by atoms with Gasteiger partial charge in [-0.25, -0.2) is 12.6 Å². The lowest BCUT2D eigenvalue weighted by Gasteiger charge is -2.11. The van der Waals surface area contributed by atoms with Gasteiger partial charge in [-0.05, 0) is 59.6 Å². The maximum absolute atomic E-state index is 12.2. The number of azo groups is 1. The number of anilines is 3. The van der Waals surface area contributed by atoms with E-state index in [4.69, 9.17) is 33.5 Å². The van der Waals surface area contributed by atoms with Gasteiger partial charge in [0.1, 0.15) is 10.6 Å². The number of hydrogen-bond acceptors (Lipinski definition) is 14. The van der Waals surface area contributed by atoms with Gasteiger partial charge in [0.25, 0.3) is 10.1 Å². The van der Waals surface area contributed by atoms with E-state index in [0.29, 0.717) is 0 Å². The fraction of sp³-hybridized carbons (Fsp3) is 0.118. The highest BCUT2D eigenvalue weighted by atomic mass is 35.5. The van der Waals surface area contributed by atoms with Crippen molar-refractivity contribution in [2.24, 2.45) is 10.2 Å². The van der Waals surface area contributed by atoms with Crippen LogP contribution in [-0.2, 0) is 34.5 Å². The molecule has 0 radical (unpaired) electrons. The van der Waals surface area contributed by atoms with Crippen molar-refractivity contribution in [2.45, 2.75) is 9.79 Å². The second-order valence-electron chi connectivity index (χ2n) is 6.97. The molecular weight excluding hydrogens is 613 g/mol. The number of nitrogens with one attached hydrogen (secondary N) is 1. The maximum Gasteiger partial charge on any atom is 0.397 e. The summed E-state index contributed by atoms with van der Waals surface area (Å²) in [4.78, 5) is 10.2. The molecule has 0 atom stereocenters. The first kappa shape index (κ1) is 29.5. The van der Waals surface area contributed by atoms with E-state index in [9.17, 15) is 29.8 Å². The number of benzene rings is 2. The molecule has 0 bridgehead atoms. The van der Waals surface area contributed by atoms with E-state index in [1.807, 2.05) is 0 Å². The average Bonchev–Trinajstić information content (AvgIpc) is 2.76. The van der Waals surface area contributed by atoms with Crippen LogP contribution in [0.25, 0.3) is 0 Å². The minimum atomic E-state index is -4.82. The van der Waals surface area contributed by atoms with Crippen LogP contribution in [0.2, 0.25) is 10.6 Å². The smallest absolute Gasteiger partial charge is 0.397 e. The normalized spacial score (nSPS) is 12.6. The van der Waals surface area contributed by atoms with Crippen molar-refractivity contribution in [2.75, 3.05) is 23.4 Å². The minimum Gasteiger partial charge on any atom is -0.397 e. The van der Waals surface area contributed by atoms with E-state index in [-0.39, 0.29) is 44.2 Å². The molecule has 3 aromatic rings. The van der Waals surface area contributed by atoms with Gasteiger partial charge in [0.2, 0.25) is 16.5 Å². The van der Waals surface area contributed by atoms with Crippen molar-refractivity contribution in [1.29, 1.82) is 0 Å². The lowest BCUT2D eigenvalue weighted by atomic mass is 10.2. The van der Waals surface area contributed by atoms with Gasteiger partial charge in [-0.1, -0.05) is 0 Å². The van der Waals surface area contributed by atoms with Crippen molar-refractivity contribution in [1.82, 2.24) is 15.0 Å². The van der Waals surface area contributed by atoms with Crippen LogP contribution in [0.1, 0.15) is 0 Å². The number of hydrogen-bond donors (Lipinski definition) is 4. The summed E-state index contributed by atoms with van der Waals surface area (Å²) in [6.07, 6.45) is 0. The Bertz CT molecular complexity index is 1700. The van der Waals surface area contributed by atoms with E-state index < -0.39 is 47.6 Å². The molecule has 0 aliphatic heterocycles. The molecule has 0 saturated heterocycles. The summed E-state index contributed by atoms with van der Waals surface area (Å²) in [5, 5.41) is 9.64. The molecule has 0 amide bonds. The summed E-state index contributed by atoms with van der Waals surface area (Å²) in [6.45, 7) is -0.795. The van der Waals surface area contributed by atoms with Crippen LogP contribution in [0.5, 0.6) is 0 Å². The summed E-state index contributed by atoms with van der Waals surface area (Å²) in [5.74, 6) is -0.973. The van der Waals surface area contributed by atoms with Crippen molar-refractivity contribution >= 4 is 82.3 Å². The average molecular weight is 628 g/mol. The molecule has 204 valence electrons. The molecule has 3 rings (SSSR count). The van der Waals surface area contributed by atoms with Crippen molar-refractivity contribution < 1.29 is 38.5 Å². The predicted octanol–water partition coefficient (Wildman–Crippen LogP) is 2.76. The minimum absolute atomic E-state index is 0.0899. The number of sulfone groups is 1. The number of aromatic nitrogens is 3. The summed E-state index contributed by atoms with van der Waals surface area (Å²) >= 11 is 11.4. The van der Waals surface area contributed by atoms with Crippen LogP contribution in [0.4, 0.5) is 28.7 Å². The zero-order valence-electron chi connectivity index (χ0n) is 18.4. The Labute approximate surface area is 225 Å². The molecule has 0 aliphatic rings. The Morgan fingerprint density at radius 3 is 2.08 bits per heavy atom. The third-order valence-electron chi connectivity index (χ3n) is 4.29. The third-order valence-corrected chi connectivity index (χ3v) is 7.68. The lowest BCUT2D eigenvalue weighted by Crippen LogP contribution is -2.15. The van der Waals surface area contributed by atoms with Crippen LogP contribution in [0.3, 0.4) is 0 Å². The molecule has 0 saturated carbocycles. The molecule has 1 heterocycles. The largest absolute Gasteiger partial charge is 0.397 e. The molecule has 0 unspecified atom stereocenters. The van der Waals surface area contributed by atoms with Crippen molar-refractivity contribution in [3.05, 3.63) is 47.0 Å². The highest BCUT2D eigenvalue weighted by Gasteiger charge is 2.20. The number of nitrogens with zero attached hydrogens (tertiary/aromatic N) is 5. The first-order chi connectivity index (χ1) is 17.5. The molecular formula is C17H15Cl2N7O9S3. The standard InChI is InChI=1S/C17H15Cl2N7O9S3/c18-15-22-16(19)24-17(23-15)21-13-7-11(20)12(8-14(13)37(29,30)31)26-25-9-1-3-10(4-2-9)36(27,28)6-5-35-38(32,33)34/h1-4,7-8H,5-6,20H2,(H,29,30,31)(H,32,33,34)(H,21,22,23,24)/b26-25+. The Balaban J connectivity index is 1.85. The highest BCUT2D eigenvalue weighted by Crippen LogP contribution is 2.35. The molecule has 5 N–H and O–H groups in total. The van der Waals surface area contributed by atoms with Crippen LogP contribution in [-0.4, -0.2) is 61.7 Å². The molecule has 0 aliphatic carbocycles. The summed E-state index contributed by atoms with van der Waals surface area (Å²) < 4.78 is 91.7. The second-order valence-corrected chi connectivity index (χ2v) is 12.2. The van der Waals surface area contributed by atoms with E-state index >= 15 is 0 Å². The monoisotopic (exact) mass is 627 g/mol. The predicted molar refractivity (Wildman–Crippen MR) is 134 cm³/mol. The Morgan fingerprint density at radius 1 is 0.921 bits per heavy atom. The van der Waals surface area contributed by atoms with Gasteiger partial charge in [-0.2, -0.15) is 36.9 Å². The molecule has 0 fully saturated rings. The highest BCUT2D eigenvalue weighted by molar-refractivity contribution is 7.91.